The lowest BCUT2D eigenvalue weighted by molar-refractivity contribution is 0.143. The van der Waals surface area contributed by atoms with Crippen molar-refractivity contribution in [3.63, 3.8) is 0 Å². The third kappa shape index (κ3) is 3.44. The first-order valence-corrected chi connectivity index (χ1v) is 13.3. The molecule has 2 saturated carbocycles. The summed E-state index contributed by atoms with van der Waals surface area (Å²) in [6.45, 7) is 1.98. The normalized spacial score (nSPS) is 25.4. The minimum absolute atomic E-state index is 0.0817. The predicted molar refractivity (Wildman–Crippen MR) is 127 cm³/mol. The molecule has 1 aromatic carbocycles. The maximum atomic E-state index is 13.3. The molecule has 32 heavy (non-hydrogen) atoms. The Morgan fingerprint density at radius 2 is 1.84 bits per heavy atom. The van der Waals surface area contributed by atoms with E-state index in [0.717, 1.165) is 91.7 Å². The van der Waals surface area contributed by atoms with Crippen LogP contribution < -0.4 is 10.2 Å². The second-order valence-corrected chi connectivity index (χ2v) is 12.2. The number of aliphatic hydroxyl groups is 1. The number of nitrogens with one attached hydrogen (secondary N) is 1. The number of aromatic nitrogens is 2. The second-order valence-electron chi connectivity index (χ2n) is 9.99. The lowest BCUT2D eigenvalue weighted by atomic mass is 9.77. The van der Waals surface area contributed by atoms with Crippen LogP contribution in [0.4, 0.5) is 11.5 Å². The molecule has 3 fully saturated rings. The van der Waals surface area contributed by atoms with Gasteiger partial charge in [-0.05, 0) is 69.2 Å². The predicted octanol–water partition coefficient (Wildman–Crippen LogP) is 4.04. The molecule has 0 bridgehead atoms. The molecule has 170 valence electrons. The van der Waals surface area contributed by atoms with Gasteiger partial charge in [-0.1, -0.05) is 11.6 Å². The Morgan fingerprint density at radius 1 is 1.12 bits per heavy atom. The molecule has 8 heteroatoms. The Hall–Kier alpha value is -1.70. The summed E-state index contributed by atoms with van der Waals surface area (Å²) in [5, 5.41) is 14.3. The van der Waals surface area contributed by atoms with Crippen LogP contribution in [0.5, 0.6) is 0 Å². The van der Waals surface area contributed by atoms with E-state index in [4.69, 9.17) is 21.6 Å². The van der Waals surface area contributed by atoms with Crippen LogP contribution in [0.15, 0.2) is 29.2 Å². The monoisotopic (exact) mass is 472 g/mol. The Balaban J connectivity index is 1.27. The number of hydrogen-bond acceptors (Lipinski definition) is 6. The van der Waals surface area contributed by atoms with E-state index in [1.54, 1.807) is 0 Å². The van der Waals surface area contributed by atoms with Gasteiger partial charge in [-0.15, -0.1) is 0 Å². The van der Waals surface area contributed by atoms with E-state index in [1.807, 2.05) is 12.1 Å². The maximum absolute atomic E-state index is 13.3. The Morgan fingerprint density at radius 3 is 2.44 bits per heavy atom. The van der Waals surface area contributed by atoms with Gasteiger partial charge in [0.25, 0.3) is 0 Å². The van der Waals surface area contributed by atoms with Crippen molar-refractivity contribution in [3.05, 3.63) is 40.8 Å². The van der Waals surface area contributed by atoms with E-state index in [2.05, 4.69) is 22.3 Å². The fraction of sp³-hybridized carbons (Fsp3) is 0.583. The lowest BCUT2D eigenvalue weighted by Gasteiger charge is -2.41. The molecule has 1 aromatic heterocycles. The number of piperidine rings is 1. The van der Waals surface area contributed by atoms with Gasteiger partial charge in [0.05, 0.1) is 33.4 Å². The molecule has 2 aromatic rings. The van der Waals surface area contributed by atoms with Crippen molar-refractivity contribution < 1.29 is 9.32 Å². The van der Waals surface area contributed by atoms with Crippen LogP contribution in [0.1, 0.15) is 62.4 Å². The standard InChI is InChI=1S/C24H29ClN4O2S/c25-17-2-4-18(5-3-17)29-12-6-16(7-13-29)21-26-19-14-24(10-11-24)32(31)20(19)22(27-21)28-23(15-30)8-1-9-23/h2-5,16,30H,1,6-15H2,(H,26,27,28). The van der Waals surface area contributed by atoms with Gasteiger partial charge >= 0.3 is 0 Å². The molecule has 3 heterocycles. The van der Waals surface area contributed by atoms with Crippen LogP contribution in [-0.4, -0.2) is 49.3 Å². The van der Waals surface area contributed by atoms with Gasteiger partial charge in [0.15, 0.2) is 0 Å². The van der Waals surface area contributed by atoms with Crippen molar-refractivity contribution in [2.75, 3.05) is 29.9 Å². The Labute approximate surface area is 196 Å². The zero-order valence-corrected chi connectivity index (χ0v) is 19.7. The number of nitrogens with zero attached hydrogens (tertiary/aromatic N) is 3. The smallest absolute Gasteiger partial charge is 0.146 e. The van der Waals surface area contributed by atoms with E-state index in [0.29, 0.717) is 5.92 Å². The van der Waals surface area contributed by atoms with Gasteiger partial charge in [0, 0.05) is 36.1 Å². The van der Waals surface area contributed by atoms with E-state index < -0.39 is 10.8 Å². The quantitative estimate of drug-likeness (QED) is 0.683. The first-order chi connectivity index (χ1) is 15.5. The summed E-state index contributed by atoms with van der Waals surface area (Å²) in [4.78, 5) is 13.2. The van der Waals surface area contributed by atoms with Crippen LogP contribution in [0, 0.1) is 0 Å². The van der Waals surface area contributed by atoms with Crippen molar-refractivity contribution in [2.45, 2.75) is 72.5 Å². The van der Waals surface area contributed by atoms with Gasteiger partial charge in [-0.3, -0.25) is 4.21 Å². The summed E-state index contributed by atoms with van der Waals surface area (Å²) in [6, 6.07) is 8.04. The van der Waals surface area contributed by atoms with Gasteiger partial charge in [-0.2, -0.15) is 0 Å². The van der Waals surface area contributed by atoms with Crippen LogP contribution in [-0.2, 0) is 17.2 Å². The SMILES string of the molecule is O=S1c2c(nc(C3CCN(c4ccc(Cl)cc4)CC3)nc2NC2(CO)CCC2)CC12CC2. The minimum Gasteiger partial charge on any atom is -0.394 e. The topological polar surface area (TPSA) is 78.4 Å². The van der Waals surface area contributed by atoms with Crippen molar-refractivity contribution in [2.24, 2.45) is 0 Å². The van der Waals surface area contributed by atoms with E-state index in [-0.39, 0.29) is 16.9 Å². The third-order valence-electron chi connectivity index (χ3n) is 7.88. The number of aliphatic hydroxyl groups excluding tert-OH is 1. The lowest BCUT2D eigenvalue weighted by Crippen LogP contribution is -2.48. The molecule has 0 amide bonds. The van der Waals surface area contributed by atoms with Gasteiger partial charge in [-0.25, -0.2) is 9.97 Å². The molecule has 2 N–H and O–H groups in total. The molecule has 1 atom stereocenters. The van der Waals surface area contributed by atoms with E-state index in [1.165, 1.54) is 5.69 Å². The number of anilines is 2. The summed E-state index contributed by atoms with van der Waals surface area (Å²) in [5.74, 6) is 1.89. The zero-order chi connectivity index (χ0) is 21.9. The maximum Gasteiger partial charge on any atom is 0.146 e. The Kier molecular flexibility index (Phi) is 5.01. The molecule has 0 radical (unpaired) electrons. The number of fused-ring (bicyclic) bond motifs is 1. The molecule has 2 aliphatic carbocycles. The molecule has 1 unspecified atom stereocenters. The van der Waals surface area contributed by atoms with Gasteiger partial charge in [0.1, 0.15) is 16.5 Å². The summed E-state index contributed by atoms with van der Waals surface area (Å²) in [6.07, 6.45) is 7.74. The third-order valence-corrected chi connectivity index (χ3v) is 10.3. The van der Waals surface area contributed by atoms with Crippen LogP contribution in [0.25, 0.3) is 0 Å². The van der Waals surface area contributed by atoms with Gasteiger partial charge < -0.3 is 15.3 Å². The molecular formula is C24H29ClN4O2S. The van der Waals surface area contributed by atoms with Crippen LogP contribution in [0.2, 0.25) is 5.02 Å². The number of hydrogen-bond donors (Lipinski definition) is 2. The fourth-order valence-corrected chi connectivity index (χ4v) is 7.32. The van der Waals surface area contributed by atoms with Gasteiger partial charge in [0.2, 0.25) is 0 Å². The van der Waals surface area contributed by atoms with E-state index in [9.17, 15) is 9.32 Å². The number of rotatable bonds is 5. The molecule has 2 aliphatic heterocycles. The second kappa shape index (κ2) is 7.67. The molecule has 6 rings (SSSR count). The average Bonchev–Trinajstić information content (AvgIpc) is 3.51. The highest BCUT2D eigenvalue weighted by Crippen LogP contribution is 2.54. The van der Waals surface area contributed by atoms with E-state index >= 15 is 0 Å². The molecule has 1 saturated heterocycles. The van der Waals surface area contributed by atoms with Crippen molar-refractivity contribution >= 4 is 33.9 Å². The molecule has 1 spiro atoms. The molecular weight excluding hydrogens is 444 g/mol. The Bertz CT molecular complexity index is 1050. The molecule has 4 aliphatic rings. The molecule has 6 nitrogen and oxygen atoms in total. The summed E-state index contributed by atoms with van der Waals surface area (Å²) in [5.41, 5.74) is 1.85. The first-order valence-electron chi connectivity index (χ1n) is 11.7. The average molecular weight is 473 g/mol. The number of benzene rings is 1. The van der Waals surface area contributed by atoms with Crippen molar-refractivity contribution in [3.8, 4) is 0 Å². The van der Waals surface area contributed by atoms with Crippen LogP contribution >= 0.6 is 11.6 Å². The van der Waals surface area contributed by atoms with Crippen molar-refractivity contribution in [1.82, 2.24) is 9.97 Å². The highest BCUT2D eigenvalue weighted by Gasteiger charge is 2.56. The first kappa shape index (κ1) is 20.9. The highest BCUT2D eigenvalue weighted by molar-refractivity contribution is 7.87. The fourth-order valence-electron chi connectivity index (χ4n) is 5.41. The zero-order valence-electron chi connectivity index (χ0n) is 18.1. The number of halogens is 1. The summed E-state index contributed by atoms with van der Waals surface area (Å²) in [7, 11) is -1.06. The highest BCUT2D eigenvalue weighted by atomic mass is 35.5. The minimum atomic E-state index is -1.06. The summed E-state index contributed by atoms with van der Waals surface area (Å²) >= 11 is 6.04. The summed E-state index contributed by atoms with van der Waals surface area (Å²) < 4.78 is 13.2. The largest absolute Gasteiger partial charge is 0.394 e. The van der Waals surface area contributed by atoms with Crippen molar-refractivity contribution in [1.29, 1.82) is 0 Å². The van der Waals surface area contributed by atoms with Crippen LogP contribution in [0.3, 0.4) is 0 Å².